The summed E-state index contributed by atoms with van der Waals surface area (Å²) in [6.45, 7) is 4.41. The first-order valence-electron chi connectivity index (χ1n) is 7.39. The van der Waals surface area contributed by atoms with Crippen LogP contribution in [0.4, 0.5) is 0 Å². The zero-order chi connectivity index (χ0) is 13.5. The number of piperidine rings is 1. The molecule has 0 spiro atoms. The molecule has 2 heterocycles. The van der Waals surface area contributed by atoms with Gasteiger partial charge in [0.05, 0.1) is 0 Å². The van der Waals surface area contributed by atoms with Gasteiger partial charge in [-0.15, -0.1) is 0 Å². The molecule has 108 valence electrons. The zero-order valence-electron chi connectivity index (χ0n) is 12.0. The van der Waals surface area contributed by atoms with Gasteiger partial charge in [-0.25, -0.2) is 0 Å². The van der Waals surface area contributed by atoms with Gasteiger partial charge < -0.3 is 14.6 Å². The molecule has 0 bridgehead atoms. The number of nitrogens with one attached hydrogen (secondary N) is 1. The van der Waals surface area contributed by atoms with Crippen LogP contribution in [0, 0.1) is 5.92 Å². The minimum atomic E-state index is -0.0265. The Hall–Kier alpha value is -0.940. The largest absolute Gasteiger partial charge is 0.373 e. The maximum Gasteiger partial charge on any atom is 0.226 e. The average molecular weight is 267 g/mol. The lowest BCUT2D eigenvalue weighted by atomic mass is 9.93. The van der Waals surface area contributed by atoms with E-state index in [4.69, 9.17) is 9.26 Å². The Labute approximate surface area is 115 Å². The normalized spacial score (nSPS) is 18.6. The van der Waals surface area contributed by atoms with Gasteiger partial charge in [-0.3, -0.25) is 0 Å². The maximum atomic E-state index is 5.39. The topological polar surface area (TPSA) is 60.2 Å². The third kappa shape index (κ3) is 4.28. The van der Waals surface area contributed by atoms with Crippen molar-refractivity contribution in [2.75, 3.05) is 20.2 Å². The van der Waals surface area contributed by atoms with Crippen molar-refractivity contribution >= 4 is 0 Å². The van der Waals surface area contributed by atoms with E-state index in [2.05, 4.69) is 22.4 Å². The number of rotatable bonds is 7. The van der Waals surface area contributed by atoms with Crippen molar-refractivity contribution in [1.82, 2.24) is 15.5 Å². The predicted octanol–water partition coefficient (Wildman–Crippen LogP) is 2.49. The smallest absolute Gasteiger partial charge is 0.226 e. The molecule has 1 fully saturated rings. The molecule has 1 saturated heterocycles. The Bertz CT molecular complexity index is 361. The second kappa shape index (κ2) is 7.60. The van der Waals surface area contributed by atoms with Gasteiger partial charge in [0, 0.05) is 13.5 Å². The molecule has 1 aromatic heterocycles. The van der Waals surface area contributed by atoms with E-state index >= 15 is 0 Å². The fraction of sp³-hybridized carbons (Fsp3) is 0.857. The number of hydrogen-bond acceptors (Lipinski definition) is 5. The first-order chi connectivity index (χ1) is 9.33. The minimum absolute atomic E-state index is 0.0265. The van der Waals surface area contributed by atoms with Gasteiger partial charge in [0.25, 0.3) is 0 Å². The molecule has 1 atom stereocenters. The first kappa shape index (κ1) is 14.5. The number of nitrogens with zero attached hydrogens (tertiary/aromatic N) is 2. The van der Waals surface area contributed by atoms with Crippen LogP contribution in [-0.2, 0) is 11.2 Å². The number of hydrogen-bond donors (Lipinski definition) is 1. The summed E-state index contributed by atoms with van der Waals surface area (Å²) in [5.74, 6) is 2.25. The van der Waals surface area contributed by atoms with Crippen molar-refractivity contribution < 1.29 is 9.26 Å². The molecule has 2 rings (SSSR count). The highest BCUT2D eigenvalue weighted by Gasteiger charge is 2.18. The van der Waals surface area contributed by atoms with Gasteiger partial charge in [0.1, 0.15) is 6.10 Å². The van der Waals surface area contributed by atoms with Crippen molar-refractivity contribution in [1.29, 1.82) is 0 Å². The minimum Gasteiger partial charge on any atom is -0.373 e. The van der Waals surface area contributed by atoms with Gasteiger partial charge in [-0.1, -0.05) is 18.5 Å². The Morgan fingerprint density at radius 3 is 2.89 bits per heavy atom. The molecule has 1 aliphatic rings. The molecular formula is C14H25N3O2. The monoisotopic (exact) mass is 267 g/mol. The van der Waals surface area contributed by atoms with Crippen LogP contribution in [0.2, 0.25) is 0 Å². The summed E-state index contributed by atoms with van der Waals surface area (Å²) in [5.41, 5.74) is 0. The molecule has 0 aromatic carbocycles. The van der Waals surface area contributed by atoms with Crippen LogP contribution in [-0.4, -0.2) is 30.3 Å². The summed E-state index contributed by atoms with van der Waals surface area (Å²) in [4.78, 5) is 4.47. The second-order valence-corrected chi connectivity index (χ2v) is 5.29. The summed E-state index contributed by atoms with van der Waals surface area (Å²) in [6, 6.07) is 0. The maximum absolute atomic E-state index is 5.39. The number of aromatic nitrogens is 2. The molecule has 1 N–H and O–H groups in total. The SMILES string of the molecule is CCCC(OC)c1noc(CCC2CCNCC2)n1. The average Bonchev–Trinajstić information content (AvgIpc) is 2.92. The molecule has 5 nitrogen and oxygen atoms in total. The lowest BCUT2D eigenvalue weighted by Crippen LogP contribution is -2.27. The van der Waals surface area contributed by atoms with E-state index in [0.29, 0.717) is 5.82 Å². The van der Waals surface area contributed by atoms with Crippen LogP contribution in [0.5, 0.6) is 0 Å². The summed E-state index contributed by atoms with van der Waals surface area (Å²) < 4.78 is 10.7. The standard InChI is InChI=1S/C14H25N3O2/c1-3-4-12(18-2)14-16-13(19-17-14)6-5-11-7-9-15-10-8-11/h11-12,15H,3-10H2,1-2H3. The Morgan fingerprint density at radius 2 is 2.21 bits per heavy atom. The van der Waals surface area contributed by atoms with E-state index in [0.717, 1.165) is 50.6 Å². The van der Waals surface area contributed by atoms with Gasteiger partial charge in [-0.05, 0) is 44.7 Å². The summed E-state index contributed by atoms with van der Waals surface area (Å²) >= 11 is 0. The Kier molecular flexibility index (Phi) is 5.79. The lowest BCUT2D eigenvalue weighted by Gasteiger charge is -2.21. The molecule has 0 amide bonds. The van der Waals surface area contributed by atoms with Crippen LogP contribution in [0.15, 0.2) is 4.52 Å². The fourth-order valence-electron chi connectivity index (χ4n) is 2.61. The third-order valence-corrected chi connectivity index (χ3v) is 3.83. The molecule has 0 aliphatic carbocycles. The highest BCUT2D eigenvalue weighted by Crippen LogP contribution is 2.21. The first-order valence-corrected chi connectivity index (χ1v) is 7.39. The number of aryl methyl sites for hydroxylation is 1. The second-order valence-electron chi connectivity index (χ2n) is 5.29. The van der Waals surface area contributed by atoms with E-state index in [1.807, 2.05) is 0 Å². The van der Waals surface area contributed by atoms with Crippen LogP contribution in [0.1, 0.15) is 56.8 Å². The third-order valence-electron chi connectivity index (χ3n) is 3.83. The highest BCUT2D eigenvalue weighted by molar-refractivity contribution is 4.92. The van der Waals surface area contributed by atoms with Gasteiger partial charge in [0.15, 0.2) is 0 Å². The van der Waals surface area contributed by atoms with E-state index in [1.165, 1.54) is 12.8 Å². The lowest BCUT2D eigenvalue weighted by molar-refractivity contribution is 0.0854. The van der Waals surface area contributed by atoms with Crippen LogP contribution in [0.3, 0.4) is 0 Å². The van der Waals surface area contributed by atoms with E-state index in [9.17, 15) is 0 Å². The molecule has 19 heavy (non-hydrogen) atoms. The van der Waals surface area contributed by atoms with Crippen molar-refractivity contribution in [2.45, 2.75) is 51.6 Å². The molecule has 1 unspecified atom stereocenters. The molecule has 0 radical (unpaired) electrons. The van der Waals surface area contributed by atoms with Crippen molar-refractivity contribution in [3.8, 4) is 0 Å². The fourth-order valence-corrected chi connectivity index (χ4v) is 2.61. The van der Waals surface area contributed by atoms with E-state index < -0.39 is 0 Å². The molecule has 1 aliphatic heterocycles. The van der Waals surface area contributed by atoms with E-state index in [-0.39, 0.29) is 6.10 Å². The van der Waals surface area contributed by atoms with Crippen LogP contribution >= 0.6 is 0 Å². The van der Waals surface area contributed by atoms with Gasteiger partial charge in [-0.2, -0.15) is 4.98 Å². The predicted molar refractivity (Wildman–Crippen MR) is 72.9 cm³/mol. The van der Waals surface area contributed by atoms with Crippen LogP contribution < -0.4 is 5.32 Å². The number of methoxy groups -OCH3 is 1. The highest BCUT2D eigenvalue weighted by atomic mass is 16.5. The summed E-state index contributed by atoms with van der Waals surface area (Å²) in [6.07, 6.45) is 6.52. The molecular weight excluding hydrogens is 242 g/mol. The van der Waals surface area contributed by atoms with Gasteiger partial charge in [0.2, 0.25) is 11.7 Å². The molecule has 1 aromatic rings. The van der Waals surface area contributed by atoms with E-state index in [1.54, 1.807) is 7.11 Å². The molecule has 5 heteroatoms. The summed E-state index contributed by atoms with van der Waals surface area (Å²) in [7, 11) is 1.70. The van der Waals surface area contributed by atoms with Crippen molar-refractivity contribution in [3.05, 3.63) is 11.7 Å². The quantitative estimate of drug-likeness (QED) is 0.822. The van der Waals surface area contributed by atoms with Crippen molar-refractivity contribution in [3.63, 3.8) is 0 Å². The Balaban J connectivity index is 1.82. The Morgan fingerprint density at radius 1 is 1.42 bits per heavy atom. The zero-order valence-corrected chi connectivity index (χ0v) is 12.0. The van der Waals surface area contributed by atoms with Crippen LogP contribution in [0.25, 0.3) is 0 Å². The molecule has 0 saturated carbocycles. The van der Waals surface area contributed by atoms with Gasteiger partial charge >= 0.3 is 0 Å². The summed E-state index contributed by atoms with van der Waals surface area (Å²) in [5, 5.41) is 7.43. The number of ether oxygens (including phenoxy) is 1. The van der Waals surface area contributed by atoms with Crippen molar-refractivity contribution in [2.24, 2.45) is 5.92 Å².